The van der Waals surface area contributed by atoms with Crippen LogP contribution in [-0.4, -0.2) is 49.6 Å². The number of nitrogens with two attached hydrogens (primary N) is 1. The Bertz CT molecular complexity index is 1370. The molecule has 0 saturated heterocycles. The highest BCUT2D eigenvalue weighted by atomic mass is 16.3. The van der Waals surface area contributed by atoms with Crippen molar-refractivity contribution < 1.29 is 34.8 Å². The number of phenols is 1. The third-order valence-electron chi connectivity index (χ3n) is 7.59. The number of hydrogen-bond donors (Lipinski definition) is 5. The van der Waals surface area contributed by atoms with Gasteiger partial charge in [-0.15, -0.1) is 0 Å². The van der Waals surface area contributed by atoms with E-state index in [1.807, 2.05) is 6.07 Å². The van der Waals surface area contributed by atoms with Gasteiger partial charge in [-0.3, -0.25) is 14.4 Å². The molecule has 6 N–H and O–H groups in total. The third-order valence-corrected chi connectivity index (χ3v) is 7.59. The fourth-order valence-electron chi connectivity index (χ4n) is 5.92. The number of hydrogen-bond acceptors (Lipinski definition) is 8. The molecule has 2 unspecified atom stereocenters. The molecule has 0 bridgehead atoms. The van der Waals surface area contributed by atoms with Crippen molar-refractivity contribution >= 4 is 23.2 Å². The molecule has 0 aliphatic heterocycles. The fourth-order valence-corrected chi connectivity index (χ4v) is 5.92. The molecule has 2 fully saturated rings. The van der Waals surface area contributed by atoms with Crippen LogP contribution >= 0.6 is 0 Å². The summed E-state index contributed by atoms with van der Waals surface area (Å²) in [5.74, 6) is -7.44. The Morgan fingerprint density at radius 1 is 1.09 bits per heavy atom. The van der Waals surface area contributed by atoms with Crippen LogP contribution in [0.3, 0.4) is 0 Å². The molecular formula is C26H22N2O7. The number of primary amides is 1. The lowest BCUT2D eigenvalue weighted by molar-refractivity contribution is -0.174. The maximum atomic E-state index is 13.5. The molecule has 0 radical (unpaired) electrons. The molecule has 3 aliphatic carbocycles. The topological polar surface area (TPSA) is 182 Å². The number of rotatable bonds is 2. The Morgan fingerprint density at radius 3 is 2.40 bits per heavy atom. The number of Topliss-reactive ketones (excluding diaryl/α,β-unsaturated/α-hetero) is 2. The lowest BCUT2D eigenvalue weighted by atomic mass is 9.56. The zero-order chi connectivity index (χ0) is 25.2. The first-order valence-corrected chi connectivity index (χ1v) is 11.2. The molecule has 2 aromatic rings. The number of aromatic hydroxyl groups is 1. The van der Waals surface area contributed by atoms with Gasteiger partial charge in [0.05, 0.1) is 23.3 Å². The van der Waals surface area contributed by atoms with Crippen molar-refractivity contribution in [2.24, 2.45) is 23.5 Å². The van der Waals surface area contributed by atoms with Crippen molar-refractivity contribution in [1.82, 2.24) is 0 Å². The van der Waals surface area contributed by atoms with E-state index in [1.165, 1.54) is 6.07 Å². The smallest absolute Gasteiger partial charge is 0.230 e. The molecule has 0 heterocycles. The van der Waals surface area contributed by atoms with E-state index in [4.69, 9.17) is 11.0 Å². The normalized spacial score (nSPS) is 29.6. The highest BCUT2D eigenvalue weighted by Crippen LogP contribution is 2.52. The molecule has 9 heteroatoms. The van der Waals surface area contributed by atoms with Gasteiger partial charge in [-0.25, -0.2) is 0 Å². The Labute approximate surface area is 199 Å². The second-order valence-electron chi connectivity index (χ2n) is 9.41. The number of carbonyl (C=O) groups is 3. The van der Waals surface area contributed by atoms with Crippen molar-refractivity contribution in [3.05, 3.63) is 58.7 Å². The summed E-state index contributed by atoms with van der Waals surface area (Å²) in [5.41, 5.74) is 4.98. The van der Waals surface area contributed by atoms with Crippen LogP contribution < -0.4 is 5.73 Å². The Hall–Kier alpha value is -4.00. The number of ketones is 2. The van der Waals surface area contributed by atoms with Crippen molar-refractivity contribution in [2.45, 2.75) is 31.0 Å². The van der Waals surface area contributed by atoms with Crippen LogP contribution in [0.5, 0.6) is 5.75 Å². The maximum absolute atomic E-state index is 13.5. The van der Waals surface area contributed by atoms with E-state index < -0.39 is 52.7 Å². The predicted octanol–water partition coefficient (Wildman–Crippen LogP) is 1.13. The van der Waals surface area contributed by atoms with Gasteiger partial charge in [0.15, 0.2) is 11.4 Å². The number of nitriles is 1. The molecular weight excluding hydrogens is 452 g/mol. The summed E-state index contributed by atoms with van der Waals surface area (Å²) in [5, 5.41) is 52.5. The van der Waals surface area contributed by atoms with Crippen molar-refractivity contribution in [2.75, 3.05) is 0 Å². The number of amides is 1. The van der Waals surface area contributed by atoms with Crippen molar-refractivity contribution in [1.29, 1.82) is 5.26 Å². The SMILES string of the molecule is N#Cc1ccc(-c2ccc(O)c3c2C[C@H]2C[C@H]4CC(O)C(C(N)=O)C(=O)[C@@]4(O)C(=O)C2=C3O)cc1. The van der Waals surface area contributed by atoms with E-state index >= 15 is 0 Å². The van der Waals surface area contributed by atoms with Crippen molar-refractivity contribution in [3.63, 3.8) is 0 Å². The molecule has 178 valence electrons. The number of benzene rings is 2. The lowest BCUT2D eigenvalue weighted by Crippen LogP contribution is -2.66. The van der Waals surface area contributed by atoms with Gasteiger partial charge in [0.2, 0.25) is 11.7 Å². The highest BCUT2D eigenvalue weighted by Gasteiger charge is 2.63. The molecule has 3 aliphatic rings. The summed E-state index contributed by atoms with van der Waals surface area (Å²) < 4.78 is 0. The maximum Gasteiger partial charge on any atom is 0.230 e. The van der Waals surface area contributed by atoms with Crippen LogP contribution in [0.1, 0.15) is 29.5 Å². The van der Waals surface area contributed by atoms with E-state index in [0.717, 1.165) is 5.56 Å². The number of fused-ring (bicyclic) bond motifs is 3. The van der Waals surface area contributed by atoms with Crippen LogP contribution in [-0.2, 0) is 20.8 Å². The minimum absolute atomic E-state index is 0.0308. The summed E-state index contributed by atoms with van der Waals surface area (Å²) >= 11 is 0. The number of nitrogens with zero attached hydrogens (tertiary/aromatic N) is 1. The van der Waals surface area contributed by atoms with Gasteiger partial charge in [-0.1, -0.05) is 18.2 Å². The molecule has 1 amide bonds. The zero-order valence-electron chi connectivity index (χ0n) is 18.4. The summed E-state index contributed by atoms with van der Waals surface area (Å²) in [7, 11) is 0. The van der Waals surface area contributed by atoms with Gasteiger partial charge in [-0.2, -0.15) is 5.26 Å². The number of aliphatic hydroxyl groups excluding tert-OH is 2. The van der Waals surface area contributed by atoms with Gasteiger partial charge in [0.25, 0.3) is 0 Å². The van der Waals surface area contributed by atoms with Gasteiger partial charge >= 0.3 is 0 Å². The summed E-state index contributed by atoms with van der Waals surface area (Å²) in [6.45, 7) is 0. The first-order chi connectivity index (χ1) is 16.6. The van der Waals surface area contributed by atoms with Crippen LogP contribution in [0.15, 0.2) is 42.0 Å². The Balaban J connectivity index is 1.65. The van der Waals surface area contributed by atoms with Gasteiger partial charge in [0, 0.05) is 11.5 Å². The van der Waals surface area contributed by atoms with Gasteiger partial charge in [-0.05, 0) is 60.1 Å². The molecule has 35 heavy (non-hydrogen) atoms. The molecule has 5 rings (SSSR count). The van der Waals surface area contributed by atoms with Gasteiger partial charge < -0.3 is 26.2 Å². The van der Waals surface area contributed by atoms with Crippen LogP contribution in [0.2, 0.25) is 0 Å². The van der Waals surface area contributed by atoms with E-state index in [-0.39, 0.29) is 36.1 Å². The van der Waals surface area contributed by atoms with E-state index in [9.17, 15) is 34.8 Å². The molecule has 9 nitrogen and oxygen atoms in total. The van der Waals surface area contributed by atoms with Gasteiger partial charge in [0.1, 0.15) is 17.4 Å². The summed E-state index contributed by atoms with van der Waals surface area (Å²) in [6.07, 6.45) is -1.29. The first-order valence-electron chi connectivity index (χ1n) is 11.2. The zero-order valence-corrected chi connectivity index (χ0v) is 18.4. The highest BCUT2D eigenvalue weighted by molar-refractivity contribution is 6.24. The minimum Gasteiger partial charge on any atom is -0.507 e. The largest absolute Gasteiger partial charge is 0.507 e. The Morgan fingerprint density at radius 2 is 1.77 bits per heavy atom. The first kappa shape index (κ1) is 22.8. The molecule has 5 atom stereocenters. The summed E-state index contributed by atoms with van der Waals surface area (Å²) in [6, 6.07) is 11.9. The average molecular weight is 474 g/mol. The monoisotopic (exact) mass is 474 g/mol. The third kappa shape index (κ3) is 3.11. The molecule has 2 aromatic carbocycles. The summed E-state index contributed by atoms with van der Waals surface area (Å²) in [4.78, 5) is 38.3. The lowest BCUT2D eigenvalue weighted by Gasteiger charge is -2.48. The average Bonchev–Trinajstić information content (AvgIpc) is 2.81. The Kier molecular flexibility index (Phi) is 5.05. The van der Waals surface area contributed by atoms with E-state index in [2.05, 4.69) is 0 Å². The molecule has 2 saturated carbocycles. The molecule has 0 aromatic heterocycles. The minimum atomic E-state index is -2.60. The van der Waals surface area contributed by atoms with Crippen molar-refractivity contribution in [3.8, 4) is 22.9 Å². The van der Waals surface area contributed by atoms with E-state index in [1.54, 1.807) is 30.3 Å². The predicted molar refractivity (Wildman–Crippen MR) is 121 cm³/mol. The van der Waals surface area contributed by atoms with Crippen LogP contribution in [0, 0.1) is 29.1 Å². The second-order valence-corrected chi connectivity index (χ2v) is 9.41. The van der Waals surface area contributed by atoms with E-state index in [0.29, 0.717) is 16.7 Å². The second kappa shape index (κ2) is 7.77. The van der Waals surface area contributed by atoms with Crippen LogP contribution in [0.4, 0.5) is 0 Å². The number of carbonyl (C=O) groups excluding carboxylic acids is 3. The standard InChI is InChI=1S/C26H22N2O7/c27-10-11-1-3-12(4-2-11)15-5-6-17(29)20-16(15)8-13-7-14-9-18(30)21(25(28)34)24(33)26(14,35)23(32)19(13)22(20)31/h1-6,13-14,18,21,29-31,35H,7-9H2,(H2,28,34)/t13-,14+,18?,21?,26+/m1/s1. The van der Waals surface area contributed by atoms with Crippen LogP contribution in [0.25, 0.3) is 16.9 Å². The fraction of sp³-hybridized carbons (Fsp3) is 0.308. The number of aliphatic hydroxyl groups is 3. The number of phenolic OH excluding ortho intramolecular Hbond substituents is 1. The molecule has 0 spiro atoms. The quantitative estimate of drug-likeness (QED) is 0.401.